The summed E-state index contributed by atoms with van der Waals surface area (Å²) >= 11 is 1.50. The highest BCUT2D eigenvalue weighted by molar-refractivity contribution is 7.99. The number of rotatable bonds is 4. The summed E-state index contributed by atoms with van der Waals surface area (Å²) in [5, 5.41) is 12.0. The molecule has 0 aromatic heterocycles. The lowest BCUT2D eigenvalue weighted by molar-refractivity contribution is -0.147. The summed E-state index contributed by atoms with van der Waals surface area (Å²) in [7, 11) is -3.32. The predicted octanol–water partition coefficient (Wildman–Crippen LogP) is -0.265. The molecular weight excluding hydrogens is 316 g/mol. The van der Waals surface area contributed by atoms with Gasteiger partial charge in [-0.2, -0.15) is 11.8 Å². The van der Waals surface area contributed by atoms with E-state index in [1.54, 1.807) is 0 Å². The number of thioether (sulfide) groups is 1. The van der Waals surface area contributed by atoms with Crippen LogP contribution < -0.4 is 5.32 Å². The number of amides is 1. The molecule has 120 valence electrons. The van der Waals surface area contributed by atoms with Crippen LogP contribution in [0.1, 0.15) is 19.3 Å². The van der Waals surface area contributed by atoms with Crippen LogP contribution in [0.2, 0.25) is 0 Å². The van der Waals surface area contributed by atoms with Gasteiger partial charge in [0.25, 0.3) is 0 Å². The van der Waals surface area contributed by atoms with Crippen LogP contribution in [0.25, 0.3) is 0 Å². The summed E-state index contributed by atoms with van der Waals surface area (Å²) in [5.41, 5.74) is -1.20. The monoisotopic (exact) mass is 336 g/mol. The Bertz CT molecular complexity index is 528. The van der Waals surface area contributed by atoms with Gasteiger partial charge in [0.15, 0.2) is 0 Å². The zero-order valence-corrected chi connectivity index (χ0v) is 13.5. The first-order valence-corrected chi connectivity index (χ1v) is 9.83. The Balaban J connectivity index is 2.04. The molecule has 2 aliphatic rings. The number of aliphatic carboxylic acids is 1. The van der Waals surface area contributed by atoms with Gasteiger partial charge in [0, 0.05) is 18.8 Å². The molecule has 0 aromatic carbocycles. The number of hydrogen-bond acceptors (Lipinski definition) is 5. The standard InChI is InChI=1S/C12H20N2O5S2/c1-21(18,19)14-5-2-3-9(7-14)10(15)13-12(11(16)17)4-6-20-8-12/h9H,2-8H2,1H3,(H,13,15)(H,16,17)/t9-,12+/m1/s1. The number of carboxylic acid groups (broad SMARTS) is 1. The maximum absolute atomic E-state index is 12.3. The zero-order valence-electron chi connectivity index (χ0n) is 11.9. The Morgan fingerprint density at radius 1 is 1.43 bits per heavy atom. The number of nitrogens with one attached hydrogen (secondary N) is 1. The van der Waals surface area contributed by atoms with E-state index in [2.05, 4.69) is 5.32 Å². The predicted molar refractivity (Wildman–Crippen MR) is 79.6 cm³/mol. The molecule has 7 nitrogen and oxygen atoms in total. The number of nitrogens with zero attached hydrogens (tertiary/aromatic N) is 1. The van der Waals surface area contributed by atoms with Crippen LogP contribution in [0.15, 0.2) is 0 Å². The van der Waals surface area contributed by atoms with Crippen molar-refractivity contribution < 1.29 is 23.1 Å². The van der Waals surface area contributed by atoms with Crippen molar-refractivity contribution in [2.45, 2.75) is 24.8 Å². The smallest absolute Gasteiger partial charge is 0.330 e. The third-order valence-electron chi connectivity index (χ3n) is 4.02. The lowest BCUT2D eigenvalue weighted by Gasteiger charge is -2.33. The van der Waals surface area contributed by atoms with Crippen LogP contribution in [-0.2, 0) is 19.6 Å². The summed E-state index contributed by atoms with van der Waals surface area (Å²) in [6.07, 6.45) is 2.72. The minimum absolute atomic E-state index is 0.132. The molecule has 0 unspecified atom stereocenters. The molecule has 0 saturated carbocycles. The maximum atomic E-state index is 12.3. The second-order valence-electron chi connectivity index (χ2n) is 5.64. The fourth-order valence-electron chi connectivity index (χ4n) is 2.68. The molecule has 2 aliphatic heterocycles. The molecule has 0 aromatic rings. The fraction of sp³-hybridized carbons (Fsp3) is 0.833. The van der Waals surface area contributed by atoms with Crippen LogP contribution in [0.5, 0.6) is 0 Å². The second-order valence-corrected chi connectivity index (χ2v) is 8.73. The Labute approximate surface area is 128 Å². The van der Waals surface area contributed by atoms with Gasteiger partial charge >= 0.3 is 5.97 Å². The molecule has 0 radical (unpaired) electrons. The van der Waals surface area contributed by atoms with Crippen molar-refractivity contribution in [1.82, 2.24) is 9.62 Å². The molecule has 2 atom stereocenters. The Morgan fingerprint density at radius 3 is 2.67 bits per heavy atom. The van der Waals surface area contributed by atoms with Gasteiger partial charge in [0.05, 0.1) is 12.2 Å². The van der Waals surface area contributed by atoms with Crippen LogP contribution >= 0.6 is 11.8 Å². The van der Waals surface area contributed by atoms with Crippen LogP contribution in [0, 0.1) is 5.92 Å². The molecule has 0 bridgehead atoms. The fourth-order valence-corrected chi connectivity index (χ4v) is 4.92. The Kier molecular flexibility index (Phi) is 4.84. The molecule has 1 amide bonds. The number of piperidine rings is 1. The molecule has 21 heavy (non-hydrogen) atoms. The molecule has 0 aliphatic carbocycles. The number of carbonyl (C=O) groups excluding carboxylic acids is 1. The van der Waals surface area contributed by atoms with Gasteiger partial charge in [-0.05, 0) is 25.0 Å². The van der Waals surface area contributed by atoms with E-state index in [1.165, 1.54) is 16.1 Å². The Morgan fingerprint density at radius 2 is 2.14 bits per heavy atom. The van der Waals surface area contributed by atoms with Crippen molar-refractivity contribution in [2.24, 2.45) is 5.92 Å². The number of carbonyl (C=O) groups is 2. The third-order valence-corrected chi connectivity index (χ3v) is 6.48. The SMILES string of the molecule is CS(=O)(=O)N1CCC[C@@H](C(=O)N[C@@]2(C(=O)O)CCSC2)C1. The first kappa shape index (κ1) is 16.6. The molecule has 9 heteroatoms. The van der Waals surface area contributed by atoms with Crippen molar-refractivity contribution in [3.63, 3.8) is 0 Å². The highest BCUT2D eigenvalue weighted by Gasteiger charge is 2.44. The maximum Gasteiger partial charge on any atom is 0.330 e. The lowest BCUT2D eigenvalue weighted by atomic mass is 9.94. The van der Waals surface area contributed by atoms with Gasteiger partial charge in [-0.3, -0.25) is 4.79 Å². The molecule has 2 rings (SSSR count). The van der Waals surface area contributed by atoms with E-state index in [1.807, 2.05) is 0 Å². The number of carboxylic acids is 1. The topological polar surface area (TPSA) is 104 Å². The zero-order chi connectivity index (χ0) is 15.7. The largest absolute Gasteiger partial charge is 0.479 e. The quantitative estimate of drug-likeness (QED) is 0.733. The first-order valence-electron chi connectivity index (χ1n) is 6.83. The van der Waals surface area contributed by atoms with Crippen LogP contribution in [0.3, 0.4) is 0 Å². The van der Waals surface area contributed by atoms with Gasteiger partial charge in [0.2, 0.25) is 15.9 Å². The third kappa shape index (κ3) is 3.70. The minimum atomic E-state index is -3.32. The average molecular weight is 336 g/mol. The van der Waals surface area contributed by atoms with Crippen molar-refractivity contribution in [2.75, 3.05) is 30.9 Å². The summed E-state index contributed by atoms with van der Waals surface area (Å²) in [6.45, 7) is 0.552. The van der Waals surface area contributed by atoms with Crippen molar-refractivity contribution in [3.8, 4) is 0 Å². The minimum Gasteiger partial charge on any atom is -0.479 e. The van der Waals surface area contributed by atoms with Gasteiger partial charge in [-0.25, -0.2) is 17.5 Å². The summed E-state index contributed by atoms with van der Waals surface area (Å²) in [5.74, 6) is -0.788. The molecule has 2 N–H and O–H groups in total. The summed E-state index contributed by atoms with van der Waals surface area (Å²) in [4.78, 5) is 23.8. The van der Waals surface area contributed by atoms with Gasteiger partial charge in [-0.15, -0.1) is 0 Å². The van der Waals surface area contributed by atoms with E-state index in [9.17, 15) is 23.1 Å². The van der Waals surface area contributed by atoms with E-state index in [4.69, 9.17) is 0 Å². The normalized spacial score (nSPS) is 31.0. The molecule has 2 fully saturated rings. The molecule has 2 heterocycles. The first-order chi connectivity index (χ1) is 9.74. The second kappa shape index (κ2) is 6.13. The molecule has 0 spiro atoms. The number of sulfonamides is 1. The van der Waals surface area contributed by atoms with Crippen molar-refractivity contribution in [1.29, 1.82) is 0 Å². The lowest BCUT2D eigenvalue weighted by Crippen LogP contribution is -2.57. The number of hydrogen-bond donors (Lipinski definition) is 2. The Hall–Kier alpha value is -0.800. The van der Waals surface area contributed by atoms with Gasteiger partial charge in [-0.1, -0.05) is 0 Å². The summed E-state index contributed by atoms with van der Waals surface area (Å²) in [6, 6.07) is 0. The van der Waals surface area contributed by atoms with E-state index < -0.39 is 27.4 Å². The highest BCUT2D eigenvalue weighted by Crippen LogP contribution is 2.29. The van der Waals surface area contributed by atoms with Crippen molar-refractivity contribution in [3.05, 3.63) is 0 Å². The summed E-state index contributed by atoms with van der Waals surface area (Å²) < 4.78 is 24.4. The van der Waals surface area contributed by atoms with Crippen LogP contribution in [-0.4, -0.2) is 66.1 Å². The average Bonchev–Trinajstić information content (AvgIpc) is 2.88. The van der Waals surface area contributed by atoms with Crippen molar-refractivity contribution >= 4 is 33.7 Å². The highest BCUT2D eigenvalue weighted by atomic mass is 32.2. The van der Waals surface area contributed by atoms with E-state index >= 15 is 0 Å². The van der Waals surface area contributed by atoms with E-state index in [-0.39, 0.29) is 12.5 Å². The van der Waals surface area contributed by atoms with Gasteiger partial charge in [0.1, 0.15) is 5.54 Å². The molecule has 2 saturated heterocycles. The van der Waals surface area contributed by atoms with Crippen LogP contribution in [0.4, 0.5) is 0 Å². The molecular formula is C12H20N2O5S2. The van der Waals surface area contributed by atoms with Gasteiger partial charge < -0.3 is 10.4 Å². The van der Waals surface area contributed by atoms with E-state index in [0.29, 0.717) is 37.3 Å². The van der Waals surface area contributed by atoms with E-state index in [0.717, 1.165) is 6.26 Å².